The number of halogens is 5. The molecule has 2 N–H and O–H groups in total. The third kappa shape index (κ3) is 5.77. The summed E-state index contributed by atoms with van der Waals surface area (Å²) in [5.41, 5.74) is 1.73. The lowest BCUT2D eigenvalue weighted by Crippen LogP contribution is -2.33. The highest BCUT2D eigenvalue weighted by Gasteiger charge is 2.53. The van der Waals surface area contributed by atoms with Crippen molar-refractivity contribution in [1.29, 1.82) is 0 Å². The van der Waals surface area contributed by atoms with Crippen LogP contribution in [-0.2, 0) is 22.8 Å². The van der Waals surface area contributed by atoms with Gasteiger partial charge in [0.1, 0.15) is 5.75 Å². The number of alkyl halides is 5. The largest absolute Gasteiger partial charge is 0.496 e. The highest BCUT2D eigenvalue weighted by Crippen LogP contribution is 2.50. The molecule has 3 atom stereocenters. The molecule has 0 bridgehead atoms. The zero-order valence-electron chi connectivity index (χ0n) is 23.0. The third-order valence-electron chi connectivity index (χ3n) is 7.96. The van der Waals surface area contributed by atoms with E-state index in [1.165, 1.54) is 42.6 Å². The number of rotatable bonds is 8. The smallest absolute Gasteiger partial charge is 0.416 e. The van der Waals surface area contributed by atoms with E-state index in [1.54, 1.807) is 6.07 Å². The first-order valence-electron chi connectivity index (χ1n) is 13.5. The fourth-order valence-corrected chi connectivity index (χ4v) is 8.03. The van der Waals surface area contributed by atoms with E-state index >= 15 is 0 Å². The predicted molar refractivity (Wildman–Crippen MR) is 147 cm³/mol. The summed E-state index contributed by atoms with van der Waals surface area (Å²) in [6.45, 7) is 1.51. The number of aliphatic hydroxyl groups is 1. The summed E-state index contributed by atoms with van der Waals surface area (Å²) in [6, 6.07) is 10.5. The van der Waals surface area contributed by atoms with E-state index in [-0.39, 0.29) is 24.2 Å². The Morgan fingerprint density at radius 3 is 2.48 bits per heavy atom. The minimum Gasteiger partial charge on any atom is -0.496 e. The first kappa shape index (κ1) is 30.4. The van der Waals surface area contributed by atoms with Gasteiger partial charge in [-0.25, -0.2) is 8.78 Å². The molecular weight excluding hydrogens is 579 g/mol. The van der Waals surface area contributed by atoms with Crippen LogP contribution in [0.1, 0.15) is 71.2 Å². The Labute approximate surface area is 241 Å². The third-order valence-corrected chi connectivity index (χ3v) is 9.59. The molecule has 2 heterocycles. The molecule has 2 saturated heterocycles. The van der Waals surface area contributed by atoms with Gasteiger partial charge in [-0.2, -0.15) is 30.6 Å². The Balaban J connectivity index is 1.61. The van der Waals surface area contributed by atoms with Gasteiger partial charge in [0.25, 0.3) is 16.6 Å². The van der Waals surface area contributed by atoms with Crippen LogP contribution in [0.2, 0.25) is 0 Å². The maximum atomic E-state index is 13.9. The highest BCUT2D eigenvalue weighted by atomic mass is 32.2. The molecule has 0 spiro atoms. The monoisotopic (exact) mass is 610 g/mol. The van der Waals surface area contributed by atoms with Crippen LogP contribution >= 0.6 is 0 Å². The molecule has 3 aromatic carbocycles. The molecule has 12 heteroatoms. The van der Waals surface area contributed by atoms with Crippen molar-refractivity contribution >= 4 is 10.2 Å². The van der Waals surface area contributed by atoms with Crippen LogP contribution < -0.4 is 9.46 Å². The average molecular weight is 611 g/mol. The number of aryl methyl sites for hydroxylation is 2. The number of benzene rings is 3. The zero-order chi connectivity index (χ0) is 30.4. The number of nitrogens with zero attached hydrogens (tertiary/aromatic N) is 1. The van der Waals surface area contributed by atoms with Gasteiger partial charge in [-0.3, -0.25) is 0 Å². The Morgan fingerprint density at radius 1 is 1.05 bits per heavy atom. The van der Waals surface area contributed by atoms with Gasteiger partial charge in [-0.15, -0.1) is 0 Å². The van der Waals surface area contributed by atoms with Crippen LogP contribution in [0.5, 0.6) is 5.75 Å². The molecule has 5 rings (SSSR count). The van der Waals surface area contributed by atoms with Crippen LogP contribution in [-0.4, -0.2) is 37.6 Å². The minimum absolute atomic E-state index is 0.00838. The first-order chi connectivity index (χ1) is 19.8. The molecule has 0 aliphatic carbocycles. The molecule has 3 aromatic rings. The number of methoxy groups -OCH3 is 1. The molecule has 0 saturated carbocycles. The molecule has 2 fully saturated rings. The van der Waals surface area contributed by atoms with Gasteiger partial charge in [0, 0.05) is 23.8 Å². The van der Waals surface area contributed by atoms with Crippen molar-refractivity contribution in [3.63, 3.8) is 0 Å². The quantitative estimate of drug-likeness (QED) is 0.280. The number of fused-ring (bicyclic) bond motifs is 1. The number of ether oxygens (including phenoxy) is 1. The van der Waals surface area contributed by atoms with Crippen LogP contribution in [0.4, 0.5) is 22.0 Å². The molecule has 0 amide bonds. The van der Waals surface area contributed by atoms with Crippen molar-refractivity contribution in [1.82, 2.24) is 9.03 Å². The zero-order valence-corrected chi connectivity index (χ0v) is 23.8. The molecule has 2 aliphatic rings. The fourth-order valence-electron chi connectivity index (χ4n) is 6.15. The molecule has 2 aliphatic heterocycles. The van der Waals surface area contributed by atoms with E-state index in [0.29, 0.717) is 47.3 Å². The fraction of sp³-hybridized carbons (Fsp3) is 0.400. The van der Waals surface area contributed by atoms with E-state index < -0.39 is 46.5 Å². The van der Waals surface area contributed by atoms with Gasteiger partial charge < -0.3 is 9.84 Å². The average Bonchev–Trinajstić information content (AvgIpc) is 3.50. The second-order valence-electron chi connectivity index (χ2n) is 10.7. The van der Waals surface area contributed by atoms with Crippen LogP contribution in [0.25, 0.3) is 11.1 Å². The Morgan fingerprint density at radius 2 is 1.81 bits per heavy atom. The summed E-state index contributed by atoms with van der Waals surface area (Å²) in [6.07, 6.45) is -5.74. The van der Waals surface area contributed by atoms with Crippen molar-refractivity contribution in [2.75, 3.05) is 13.7 Å². The van der Waals surface area contributed by atoms with Crippen molar-refractivity contribution in [3.05, 3.63) is 88.0 Å². The summed E-state index contributed by atoms with van der Waals surface area (Å²) in [4.78, 5) is 0. The van der Waals surface area contributed by atoms with Gasteiger partial charge >= 0.3 is 6.18 Å². The summed E-state index contributed by atoms with van der Waals surface area (Å²) < 4.78 is 105. The lowest BCUT2D eigenvalue weighted by atomic mass is 9.90. The van der Waals surface area contributed by atoms with Crippen LogP contribution in [0.15, 0.2) is 54.6 Å². The van der Waals surface area contributed by atoms with Gasteiger partial charge in [0.05, 0.1) is 24.8 Å². The van der Waals surface area contributed by atoms with Crippen molar-refractivity contribution in [3.8, 4) is 16.9 Å². The SMILES string of the molecule is COc1ccc(CCCO)cc1-c1ccc(C(F)F)cc1C1CCC2C(c3cc(C)cc(C(F)(F)F)c3)NS(=O)(=O)N12. The maximum absolute atomic E-state index is 13.9. The number of hydrogen-bond donors (Lipinski definition) is 2. The van der Waals surface area contributed by atoms with E-state index in [4.69, 9.17) is 4.74 Å². The number of nitrogens with one attached hydrogen (secondary N) is 1. The van der Waals surface area contributed by atoms with Crippen LogP contribution in [0.3, 0.4) is 0 Å². The molecular formula is C30H31F5N2O4S. The lowest BCUT2D eigenvalue weighted by molar-refractivity contribution is -0.137. The standard InChI is InChI=1S/C30H31F5N2O4S/c1-17-12-20(15-21(13-17)30(33,34)35)28-26-9-8-25(37(26)42(39,40)36-28)23-16-19(29(31)32)6-7-22(23)24-14-18(4-3-11-38)5-10-27(24)41-2/h5-7,10,12-16,25-26,28-29,36,38H,3-4,8-9,11H2,1-2H3. The van der Waals surface area contributed by atoms with E-state index in [1.807, 2.05) is 12.1 Å². The normalized spacial score (nSPS) is 22.1. The molecule has 3 unspecified atom stereocenters. The van der Waals surface area contributed by atoms with Crippen LogP contribution in [0, 0.1) is 6.92 Å². The topological polar surface area (TPSA) is 78.9 Å². The molecule has 226 valence electrons. The Bertz CT molecular complexity index is 1580. The second-order valence-corrected chi connectivity index (χ2v) is 12.3. The summed E-state index contributed by atoms with van der Waals surface area (Å²) >= 11 is 0. The van der Waals surface area contributed by atoms with Gasteiger partial charge in [0.15, 0.2) is 0 Å². The lowest BCUT2D eigenvalue weighted by Gasteiger charge is -2.26. The van der Waals surface area contributed by atoms with Gasteiger partial charge in [-0.05, 0) is 85.2 Å². The number of aliphatic hydroxyl groups excluding tert-OH is 1. The van der Waals surface area contributed by atoms with Gasteiger partial charge in [0.2, 0.25) is 0 Å². The Hall–Kier alpha value is -3.06. The molecule has 0 aromatic heterocycles. The van der Waals surface area contributed by atoms with E-state index in [2.05, 4.69) is 4.72 Å². The molecule has 42 heavy (non-hydrogen) atoms. The molecule has 0 radical (unpaired) electrons. The summed E-state index contributed by atoms with van der Waals surface area (Å²) in [5.74, 6) is 0.461. The van der Waals surface area contributed by atoms with E-state index in [9.17, 15) is 35.5 Å². The van der Waals surface area contributed by atoms with Gasteiger partial charge in [-0.1, -0.05) is 29.8 Å². The summed E-state index contributed by atoms with van der Waals surface area (Å²) in [7, 11) is -2.72. The highest BCUT2D eigenvalue weighted by molar-refractivity contribution is 7.87. The maximum Gasteiger partial charge on any atom is 0.416 e. The Kier molecular flexibility index (Phi) is 8.36. The van der Waals surface area contributed by atoms with E-state index in [0.717, 1.165) is 17.7 Å². The van der Waals surface area contributed by atoms with Crippen molar-refractivity contribution < 1.29 is 40.2 Å². The first-order valence-corrected chi connectivity index (χ1v) is 15.0. The van der Waals surface area contributed by atoms with Crippen molar-refractivity contribution in [2.24, 2.45) is 0 Å². The molecule has 6 nitrogen and oxygen atoms in total. The van der Waals surface area contributed by atoms with Crippen molar-refractivity contribution in [2.45, 2.75) is 63.3 Å². The predicted octanol–water partition coefficient (Wildman–Crippen LogP) is 6.65. The second kappa shape index (κ2) is 11.6. The number of hydrogen-bond acceptors (Lipinski definition) is 4. The minimum atomic E-state index is -4.61. The summed E-state index contributed by atoms with van der Waals surface area (Å²) in [5, 5.41) is 9.28.